The van der Waals surface area contributed by atoms with E-state index in [0.717, 1.165) is 6.07 Å². The Morgan fingerprint density at radius 2 is 1.75 bits per heavy atom. The maximum Gasteiger partial charge on any atom is 0.435 e. The number of nitrogens with zero attached hydrogens (tertiary/aromatic N) is 2. The Balaban J connectivity index is 3.14. The van der Waals surface area contributed by atoms with Crippen molar-refractivity contribution in [2.24, 2.45) is 0 Å². The quantitative estimate of drug-likeness (QED) is 0.627. The molecule has 0 N–H and O–H groups in total. The van der Waals surface area contributed by atoms with Crippen molar-refractivity contribution in [2.75, 3.05) is 0 Å². The lowest BCUT2D eigenvalue weighted by molar-refractivity contribution is -0.141. The molecule has 0 aliphatic rings. The molecule has 1 rings (SSSR count). The lowest BCUT2D eigenvalue weighted by Crippen LogP contribution is -2.10. The van der Waals surface area contributed by atoms with Gasteiger partial charge in [-0.05, 0) is 51.2 Å². The van der Waals surface area contributed by atoms with Crippen LogP contribution in [0, 0.1) is 7.27 Å². The number of rotatable bonds is 0. The third kappa shape index (κ3) is 2.41. The maximum atomic E-state index is 12.0. The van der Waals surface area contributed by atoms with E-state index >= 15 is 0 Å². The summed E-state index contributed by atoms with van der Waals surface area (Å²) in [5.41, 5.74) is -0.952. The highest BCUT2D eigenvalue weighted by atomic mass is 127. The maximum absolute atomic E-state index is 12.0. The zero-order valence-corrected chi connectivity index (χ0v) is 9.68. The Bertz CT molecular complexity index is 299. The fourth-order valence-electron chi connectivity index (χ4n) is 0.493. The van der Waals surface area contributed by atoms with Gasteiger partial charge >= 0.3 is 6.18 Å². The second kappa shape index (κ2) is 3.60. The van der Waals surface area contributed by atoms with E-state index in [9.17, 15) is 13.2 Å². The lowest BCUT2D eigenvalue weighted by atomic mass is 10.4. The first kappa shape index (κ1) is 10.4. The largest absolute Gasteiger partial charge is 0.435 e. The Hall–Kier alpha value is 0.330. The average Bonchev–Trinajstić information content (AvgIpc) is 1.92. The standard InChI is InChI=1S/C5HF3I2N2/c6-5(7,8)3-1-2(9)4(10)12-11-3/h1H. The zero-order chi connectivity index (χ0) is 9.35. The summed E-state index contributed by atoms with van der Waals surface area (Å²) in [5.74, 6) is 0. The van der Waals surface area contributed by atoms with Gasteiger partial charge in [-0.25, -0.2) is 0 Å². The predicted molar refractivity (Wildman–Crippen MR) is 52.5 cm³/mol. The summed E-state index contributed by atoms with van der Waals surface area (Å²) in [6.45, 7) is 0. The normalized spacial score (nSPS) is 11.8. The van der Waals surface area contributed by atoms with Crippen molar-refractivity contribution in [3.05, 3.63) is 19.0 Å². The second-order valence-electron chi connectivity index (χ2n) is 1.87. The van der Waals surface area contributed by atoms with Gasteiger partial charge in [0.15, 0.2) is 5.69 Å². The van der Waals surface area contributed by atoms with Gasteiger partial charge < -0.3 is 0 Å². The minimum absolute atomic E-state index is 0.454. The van der Waals surface area contributed by atoms with Crippen LogP contribution in [0.25, 0.3) is 0 Å². The highest BCUT2D eigenvalue weighted by molar-refractivity contribution is 14.1. The molecule has 0 fully saturated rings. The van der Waals surface area contributed by atoms with Crippen LogP contribution >= 0.6 is 45.2 Å². The van der Waals surface area contributed by atoms with Gasteiger partial charge in [-0.3, -0.25) is 0 Å². The number of hydrogen-bond acceptors (Lipinski definition) is 2. The monoisotopic (exact) mass is 400 g/mol. The van der Waals surface area contributed by atoms with Crippen LogP contribution in [0.2, 0.25) is 0 Å². The molecule has 1 heterocycles. The van der Waals surface area contributed by atoms with Gasteiger partial charge in [0.1, 0.15) is 3.70 Å². The Morgan fingerprint density at radius 1 is 1.17 bits per heavy atom. The minimum atomic E-state index is -4.41. The molecule has 7 heteroatoms. The van der Waals surface area contributed by atoms with E-state index in [4.69, 9.17) is 0 Å². The van der Waals surface area contributed by atoms with Crippen LogP contribution in [0.4, 0.5) is 13.2 Å². The highest BCUT2D eigenvalue weighted by Crippen LogP contribution is 2.28. The van der Waals surface area contributed by atoms with E-state index in [1.807, 2.05) is 22.6 Å². The molecule has 0 saturated heterocycles. The van der Waals surface area contributed by atoms with Gasteiger partial charge in [0.25, 0.3) is 0 Å². The van der Waals surface area contributed by atoms with Crippen LogP contribution in [0.5, 0.6) is 0 Å². The van der Waals surface area contributed by atoms with Crippen molar-refractivity contribution in [1.29, 1.82) is 0 Å². The van der Waals surface area contributed by atoms with E-state index < -0.39 is 11.9 Å². The summed E-state index contributed by atoms with van der Waals surface area (Å²) in [5, 5.41) is 6.38. The molecule has 0 bridgehead atoms. The third-order valence-corrected chi connectivity index (χ3v) is 3.65. The van der Waals surface area contributed by atoms with Crippen molar-refractivity contribution < 1.29 is 13.2 Å². The molecule has 0 spiro atoms. The molecule has 0 unspecified atom stereocenters. The van der Waals surface area contributed by atoms with Crippen molar-refractivity contribution in [3.8, 4) is 0 Å². The van der Waals surface area contributed by atoms with E-state index in [-0.39, 0.29) is 0 Å². The van der Waals surface area contributed by atoms with Crippen molar-refractivity contribution in [2.45, 2.75) is 6.18 Å². The highest BCUT2D eigenvalue weighted by Gasteiger charge is 2.33. The molecule has 2 nitrogen and oxygen atoms in total. The lowest BCUT2D eigenvalue weighted by Gasteiger charge is -2.04. The molecule has 66 valence electrons. The summed E-state index contributed by atoms with van der Waals surface area (Å²) >= 11 is 3.60. The Kier molecular flexibility index (Phi) is 3.12. The summed E-state index contributed by atoms with van der Waals surface area (Å²) in [6, 6.07) is 0.968. The molecule has 0 atom stereocenters. The van der Waals surface area contributed by atoms with Crippen molar-refractivity contribution in [1.82, 2.24) is 10.2 Å². The van der Waals surface area contributed by atoms with Gasteiger partial charge in [-0.15, -0.1) is 10.2 Å². The van der Waals surface area contributed by atoms with Gasteiger partial charge in [-0.1, -0.05) is 0 Å². The number of hydrogen-bond donors (Lipinski definition) is 0. The molecule has 0 aliphatic carbocycles. The Labute approximate surface area is 93.2 Å². The fourth-order valence-corrected chi connectivity index (χ4v) is 1.16. The summed E-state index contributed by atoms with van der Waals surface area (Å²) in [7, 11) is 0. The summed E-state index contributed by atoms with van der Waals surface area (Å²) in [6.07, 6.45) is -4.41. The number of halogens is 5. The molecule has 1 aromatic heterocycles. The molecule has 0 aliphatic heterocycles. The zero-order valence-electron chi connectivity index (χ0n) is 5.36. The smallest absolute Gasteiger partial charge is 0.164 e. The fraction of sp³-hybridized carbons (Fsp3) is 0.200. The minimum Gasteiger partial charge on any atom is -0.164 e. The first-order valence-electron chi connectivity index (χ1n) is 2.67. The molecule has 12 heavy (non-hydrogen) atoms. The van der Waals surface area contributed by atoms with Gasteiger partial charge in [-0.2, -0.15) is 13.2 Å². The van der Waals surface area contributed by atoms with Gasteiger partial charge in [0.2, 0.25) is 0 Å². The second-order valence-corrected chi connectivity index (χ2v) is 4.05. The molecule has 1 aromatic rings. The van der Waals surface area contributed by atoms with Crippen LogP contribution in [-0.4, -0.2) is 10.2 Å². The predicted octanol–water partition coefficient (Wildman–Crippen LogP) is 2.70. The van der Waals surface area contributed by atoms with E-state index in [0.29, 0.717) is 7.27 Å². The Morgan fingerprint density at radius 3 is 2.17 bits per heavy atom. The number of aromatic nitrogens is 2. The van der Waals surface area contributed by atoms with Gasteiger partial charge in [0.05, 0.1) is 0 Å². The first-order chi connectivity index (χ1) is 5.41. The third-order valence-electron chi connectivity index (χ3n) is 0.996. The average molecular weight is 400 g/mol. The molecule has 0 aromatic carbocycles. The van der Waals surface area contributed by atoms with E-state index in [1.165, 1.54) is 0 Å². The van der Waals surface area contributed by atoms with Crippen molar-refractivity contribution >= 4 is 45.2 Å². The van der Waals surface area contributed by atoms with Crippen LogP contribution in [0.15, 0.2) is 6.07 Å². The molecule has 0 radical (unpaired) electrons. The summed E-state index contributed by atoms with van der Waals surface area (Å²) in [4.78, 5) is 0. The molecular formula is C5HF3I2N2. The van der Waals surface area contributed by atoms with Crippen LogP contribution in [0.1, 0.15) is 5.69 Å². The molecular weight excluding hydrogens is 399 g/mol. The van der Waals surface area contributed by atoms with Crippen LogP contribution in [-0.2, 0) is 6.18 Å². The van der Waals surface area contributed by atoms with E-state index in [2.05, 4.69) is 10.2 Å². The number of alkyl halides is 3. The van der Waals surface area contributed by atoms with Gasteiger partial charge in [0, 0.05) is 3.57 Å². The van der Waals surface area contributed by atoms with Crippen molar-refractivity contribution in [3.63, 3.8) is 0 Å². The topological polar surface area (TPSA) is 25.8 Å². The van der Waals surface area contributed by atoms with Crippen LogP contribution in [0.3, 0.4) is 0 Å². The first-order valence-corrected chi connectivity index (χ1v) is 4.83. The molecule has 0 saturated carbocycles. The van der Waals surface area contributed by atoms with E-state index in [1.54, 1.807) is 22.6 Å². The molecule has 0 amide bonds. The SMILES string of the molecule is FC(F)(F)c1cc(I)c(I)nn1. The van der Waals surface area contributed by atoms with Crippen LogP contribution < -0.4 is 0 Å². The summed E-state index contributed by atoms with van der Waals surface area (Å²) < 4.78 is 36.9.